The minimum Gasteiger partial charge on any atom is -0.489 e. The van der Waals surface area contributed by atoms with Crippen molar-refractivity contribution in [3.05, 3.63) is 95.4 Å². The lowest BCUT2D eigenvalue weighted by Gasteiger charge is -2.30. The van der Waals surface area contributed by atoms with Crippen molar-refractivity contribution in [3.63, 3.8) is 0 Å². The van der Waals surface area contributed by atoms with Gasteiger partial charge in [-0.1, -0.05) is 62.4 Å². The monoisotopic (exact) mass is 445 g/mol. The molecule has 1 heterocycles. The van der Waals surface area contributed by atoms with Crippen molar-refractivity contribution in [1.82, 2.24) is 4.98 Å². The first-order valence-corrected chi connectivity index (χ1v) is 11.8. The Morgan fingerprint density at radius 2 is 1.76 bits per heavy atom. The van der Waals surface area contributed by atoms with Crippen molar-refractivity contribution in [1.29, 1.82) is 0 Å². The predicted octanol–water partition coefficient (Wildman–Crippen LogP) is 7.38. The molecule has 1 aliphatic rings. The number of pyridine rings is 1. The van der Waals surface area contributed by atoms with Crippen LogP contribution in [0.4, 0.5) is 4.39 Å². The van der Waals surface area contributed by atoms with Crippen LogP contribution in [-0.2, 0) is 13.0 Å². The first-order valence-electron chi connectivity index (χ1n) is 11.8. The summed E-state index contributed by atoms with van der Waals surface area (Å²) < 4.78 is 26.2. The molecule has 0 saturated heterocycles. The smallest absolute Gasteiger partial charge is 0.225 e. The van der Waals surface area contributed by atoms with Crippen molar-refractivity contribution in [2.45, 2.75) is 58.7 Å². The molecule has 2 aromatic carbocycles. The molecule has 0 amide bonds. The summed E-state index contributed by atoms with van der Waals surface area (Å²) in [4.78, 5) is 4.84. The van der Waals surface area contributed by atoms with E-state index in [1.807, 2.05) is 43.3 Å². The standard InChI is InChI=1S/C29H32FNO2/c1-20(2)28-27(33-26-12-8-7-9-21(26)3)18-25(17-22-13-15-24(30)16-14-22)31-29(28)32-19-23-10-5-4-6-11-23/h4-6,10-11,13-16,18,21,26H,1,7-9,12,17,19H2,2-3H3. The van der Waals surface area contributed by atoms with Gasteiger partial charge in [0.1, 0.15) is 24.3 Å². The van der Waals surface area contributed by atoms with Crippen LogP contribution >= 0.6 is 0 Å². The molecule has 0 bridgehead atoms. The lowest BCUT2D eigenvalue weighted by molar-refractivity contribution is 0.101. The number of benzene rings is 2. The maximum atomic E-state index is 13.4. The normalized spacial score (nSPS) is 18.0. The Morgan fingerprint density at radius 3 is 2.45 bits per heavy atom. The topological polar surface area (TPSA) is 31.4 Å². The van der Waals surface area contributed by atoms with Crippen LogP contribution in [0.1, 0.15) is 61.9 Å². The van der Waals surface area contributed by atoms with E-state index >= 15 is 0 Å². The minimum absolute atomic E-state index is 0.167. The van der Waals surface area contributed by atoms with Gasteiger partial charge in [0.05, 0.1) is 11.3 Å². The zero-order valence-electron chi connectivity index (χ0n) is 19.5. The Morgan fingerprint density at radius 1 is 1.03 bits per heavy atom. The molecule has 0 spiro atoms. The van der Waals surface area contributed by atoms with Crippen molar-refractivity contribution >= 4 is 5.57 Å². The Labute approximate surface area is 196 Å². The average molecular weight is 446 g/mol. The third-order valence-electron chi connectivity index (χ3n) is 6.26. The van der Waals surface area contributed by atoms with Gasteiger partial charge in [-0.2, -0.15) is 0 Å². The first kappa shape index (κ1) is 23.0. The number of rotatable bonds is 8. The molecule has 1 aliphatic carbocycles. The molecule has 4 rings (SSSR count). The fraction of sp³-hybridized carbons (Fsp3) is 0.345. The van der Waals surface area contributed by atoms with Crippen LogP contribution in [0.3, 0.4) is 0 Å². The summed E-state index contributed by atoms with van der Waals surface area (Å²) in [6, 6.07) is 18.6. The van der Waals surface area contributed by atoms with Crippen LogP contribution in [0.5, 0.6) is 11.6 Å². The molecule has 1 aromatic heterocycles. The van der Waals surface area contributed by atoms with Gasteiger partial charge in [0.2, 0.25) is 5.88 Å². The number of hydrogen-bond acceptors (Lipinski definition) is 3. The minimum atomic E-state index is -0.244. The van der Waals surface area contributed by atoms with Gasteiger partial charge in [-0.05, 0) is 60.9 Å². The number of nitrogens with zero attached hydrogens (tertiary/aromatic N) is 1. The molecule has 33 heavy (non-hydrogen) atoms. The largest absolute Gasteiger partial charge is 0.489 e. The Kier molecular flexibility index (Phi) is 7.43. The summed E-state index contributed by atoms with van der Waals surface area (Å²) in [6.45, 7) is 8.83. The second-order valence-electron chi connectivity index (χ2n) is 9.07. The van der Waals surface area contributed by atoms with Gasteiger partial charge in [-0.3, -0.25) is 0 Å². The fourth-order valence-corrected chi connectivity index (χ4v) is 4.39. The van der Waals surface area contributed by atoms with Gasteiger partial charge in [0, 0.05) is 12.5 Å². The Hall–Kier alpha value is -3.14. The van der Waals surface area contributed by atoms with E-state index in [9.17, 15) is 4.39 Å². The van der Waals surface area contributed by atoms with E-state index < -0.39 is 0 Å². The summed E-state index contributed by atoms with van der Waals surface area (Å²) in [5, 5.41) is 0. The summed E-state index contributed by atoms with van der Waals surface area (Å²) in [6.07, 6.45) is 5.40. The average Bonchev–Trinajstić information content (AvgIpc) is 2.81. The van der Waals surface area contributed by atoms with Crippen molar-refractivity contribution < 1.29 is 13.9 Å². The van der Waals surface area contributed by atoms with E-state index in [4.69, 9.17) is 14.5 Å². The fourth-order valence-electron chi connectivity index (χ4n) is 4.39. The van der Waals surface area contributed by atoms with E-state index in [1.165, 1.54) is 31.4 Å². The molecule has 0 radical (unpaired) electrons. The van der Waals surface area contributed by atoms with Crippen LogP contribution in [0.15, 0.2) is 67.2 Å². The van der Waals surface area contributed by atoms with Crippen LogP contribution in [0, 0.1) is 11.7 Å². The van der Waals surface area contributed by atoms with E-state index in [2.05, 4.69) is 13.5 Å². The molecule has 0 N–H and O–H groups in total. The summed E-state index contributed by atoms with van der Waals surface area (Å²) in [5.41, 5.74) is 4.56. The third-order valence-corrected chi connectivity index (χ3v) is 6.26. The molecule has 172 valence electrons. The van der Waals surface area contributed by atoms with Gasteiger partial charge >= 0.3 is 0 Å². The van der Waals surface area contributed by atoms with E-state index in [0.717, 1.165) is 40.1 Å². The molecule has 3 nitrogen and oxygen atoms in total. The maximum Gasteiger partial charge on any atom is 0.225 e. The SMILES string of the molecule is C=C(C)c1c(OC2CCCCC2C)cc(Cc2ccc(F)cc2)nc1OCc1ccccc1. The molecular weight excluding hydrogens is 413 g/mol. The molecule has 0 aliphatic heterocycles. The third kappa shape index (κ3) is 6.01. The first-order chi connectivity index (χ1) is 16.0. The van der Waals surface area contributed by atoms with Gasteiger partial charge in [-0.25, -0.2) is 9.37 Å². The number of halogens is 1. The Bertz CT molecular complexity index is 1080. The molecule has 1 saturated carbocycles. The van der Waals surface area contributed by atoms with E-state index in [-0.39, 0.29) is 11.9 Å². The Balaban J connectivity index is 1.69. The highest BCUT2D eigenvalue weighted by atomic mass is 19.1. The predicted molar refractivity (Wildman–Crippen MR) is 131 cm³/mol. The van der Waals surface area contributed by atoms with Crippen molar-refractivity contribution in [2.75, 3.05) is 0 Å². The molecule has 2 atom stereocenters. The number of hydrogen-bond donors (Lipinski definition) is 0. The zero-order valence-corrected chi connectivity index (χ0v) is 19.5. The van der Waals surface area contributed by atoms with Gasteiger partial charge in [0.15, 0.2) is 0 Å². The van der Waals surface area contributed by atoms with Crippen LogP contribution in [-0.4, -0.2) is 11.1 Å². The number of allylic oxidation sites excluding steroid dienone is 1. The lowest BCUT2D eigenvalue weighted by atomic mass is 9.88. The quantitative estimate of drug-likeness (QED) is 0.362. The molecule has 3 aromatic rings. The second-order valence-corrected chi connectivity index (χ2v) is 9.07. The molecule has 4 heteroatoms. The summed E-state index contributed by atoms with van der Waals surface area (Å²) in [5.74, 6) is 1.56. The van der Waals surface area contributed by atoms with Crippen LogP contribution in [0.25, 0.3) is 5.57 Å². The van der Waals surface area contributed by atoms with Crippen LogP contribution < -0.4 is 9.47 Å². The van der Waals surface area contributed by atoms with Gasteiger partial charge < -0.3 is 9.47 Å². The highest BCUT2D eigenvalue weighted by molar-refractivity contribution is 5.71. The molecular formula is C29H32FNO2. The van der Waals surface area contributed by atoms with Crippen molar-refractivity contribution in [3.8, 4) is 11.6 Å². The van der Waals surface area contributed by atoms with Gasteiger partial charge in [-0.15, -0.1) is 0 Å². The second kappa shape index (κ2) is 10.7. The highest BCUT2D eigenvalue weighted by Gasteiger charge is 2.26. The molecule has 1 fully saturated rings. The van der Waals surface area contributed by atoms with Gasteiger partial charge in [0.25, 0.3) is 0 Å². The molecule has 2 unspecified atom stereocenters. The van der Waals surface area contributed by atoms with Crippen LogP contribution in [0.2, 0.25) is 0 Å². The van der Waals surface area contributed by atoms with E-state index in [0.29, 0.717) is 24.8 Å². The summed E-state index contributed by atoms with van der Waals surface area (Å²) >= 11 is 0. The number of aromatic nitrogens is 1. The number of ether oxygens (including phenoxy) is 2. The van der Waals surface area contributed by atoms with E-state index in [1.54, 1.807) is 12.1 Å². The van der Waals surface area contributed by atoms with Crippen molar-refractivity contribution in [2.24, 2.45) is 5.92 Å². The lowest BCUT2D eigenvalue weighted by Crippen LogP contribution is -2.28. The highest BCUT2D eigenvalue weighted by Crippen LogP contribution is 2.37. The maximum absolute atomic E-state index is 13.4. The zero-order chi connectivity index (χ0) is 23.2. The summed E-state index contributed by atoms with van der Waals surface area (Å²) in [7, 11) is 0.